The first-order valence-electron chi connectivity index (χ1n) is 6.32. The van der Waals surface area contributed by atoms with Gasteiger partial charge < -0.3 is 4.42 Å². The van der Waals surface area contributed by atoms with Crippen LogP contribution in [0.5, 0.6) is 0 Å². The van der Waals surface area contributed by atoms with Crippen LogP contribution in [0.1, 0.15) is 11.3 Å². The van der Waals surface area contributed by atoms with E-state index in [-0.39, 0.29) is 5.95 Å². The van der Waals surface area contributed by atoms with Gasteiger partial charge in [0.1, 0.15) is 11.5 Å². The second kappa shape index (κ2) is 5.91. The van der Waals surface area contributed by atoms with E-state index in [1.807, 2.05) is 0 Å². The standard InChI is InChI=1S/C13H9F3N6O/c14-13(15,16)9-3-1-2-8(6-9)11-5-4-10(23-11)7-17-18-12-19-21-22-20-12/h1-7H,(H2,18,19,20,21,22). The lowest BCUT2D eigenvalue weighted by Gasteiger charge is -2.07. The second-order valence-corrected chi connectivity index (χ2v) is 4.39. The molecule has 1 aromatic carbocycles. The van der Waals surface area contributed by atoms with Gasteiger partial charge in [0, 0.05) is 5.56 Å². The van der Waals surface area contributed by atoms with Crippen molar-refractivity contribution in [2.24, 2.45) is 5.10 Å². The van der Waals surface area contributed by atoms with Crippen molar-refractivity contribution in [3.8, 4) is 11.3 Å². The van der Waals surface area contributed by atoms with E-state index in [2.05, 4.69) is 31.2 Å². The molecule has 0 aliphatic heterocycles. The first-order chi connectivity index (χ1) is 11.0. The normalized spacial score (nSPS) is 12.0. The summed E-state index contributed by atoms with van der Waals surface area (Å²) in [4.78, 5) is 0. The van der Waals surface area contributed by atoms with Crippen molar-refractivity contribution in [1.29, 1.82) is 0 Å². The Bertz CT molecular complexity index is 809. The maximum absolute atomic E-state index is 12.7. The average molecular weight is 322 g/mol. The molecule has 0 saturated carbocycles. The number of nitrogens with zero attached hydrogens (tertiary/aromatic N) is 4. The quantitative estimate of drug-likeness (QED) is 0.569. The number of H-pyrrole nitrogens is 1. The first kappa shape index (κ1) is 14.8. The summed E-state index contributed by atoms with van der Waals surface area (Å²) in [6, 6.07) is 8.03. The van der Waals surface area contributed by atoms with Gasteiger partial charge in [0.15, 0.2) is 0 Å². The Hall–Kier alpha value is -3.17. The lowest BCUT2D eigenvalue weighted by molar-refractivity contribution is -0.137. The summed E-state index contributed by atoms with van der Waals surface area (Å²) in [6.07, 6.45) is -3.06. The van der Waals surface area contributed by atoms with E-state index in [1.54, 1.807) is 12.1 Å². The van der Waals surface area contributed by atoms with Gasteiger partial charge in [-0.2, -0.15) is 23.5 Å². The highest BCUT2D eigenvalue weighted by molar-refractivity contribution is 5.78. The molecule has 118 valence electrons. The number of furan rings is 1. The van der Waals surface area contributed by atoms with Crippen molar-refractivity contribution >= 4 is 12.2 Å². The highest BCUT2D eigenvalue weighted by Gasteiger charge is 2.30. The number of tetrazole rings is 1. The number of aromatic nitrogens is 4. The Morgan fingerprint density at radius 2 is 2.09 bits per heavy atom. The minimum absolute atomic E-state index is 0.172. The summed E-state index contributed by atoms with van der Waals surface area (Å²) in [6.45, 7) is 0. The Balaban J connectivity index is 1.75. The van der Waals surface area contributed by atoms with Crippen molar-refractivity contribution in [1.82, 2.24) is 20.6 Å². The van der Waals surface area contributed by atoms with E-state index in [0.717, 1.165) is 12.1 Å². The zero-order valence-electron chi connectivity index (χ0n) is 11.4. The zero-order chi connectivity index (χ0) is 16.3. The molecule has 0 fully saturated rings. The predicted molar refractivity (Wildman–Crippen MR) is 74.5 cm³/mol. The largest absolute Gasteiger partial charge is 0.455 e. The molecule has 0 atom stereocenters. The fourth-order valence-electron chi connectivity index (χ4n) is 1.79. The number of anilines is 1. The molecule has 23 heavy (non-hydrogen) atoms. The first-order valence-corrected chi connectivity index (χ1v) is 6.32. The van der Waals surface area contributed by atoms with Crippen LogP contribution in [0.3, 0.4) is 0 Å². The summed E-state index contributed by atoms with van der Waals surface area (Å²) in [5, 5.41) is 16.6. The molecule has 0 bridgehead atoms. The highest BCUT2D eigenvalue weighted by Crippen LogP contribution is 2.32. The van der Waals surface area contributed by atoms with Crippen LogP contribution in [-0.4, -0.2) is 26.8 Å². The van der Waals surface area contributed by atoms with Crippen LogP contribution < -0.4 is 5.43 Å². The number of nitrogens with one attached hydrogen (secondary N) is 2. The fourth-order valence-corrected chi connectivity index (χ4v) is 1.79. The van der Waals surface area contributed by atoms with Gasteiger partial charge in [-0.15, -0.1) is 5.10 Å². The number of hydrogen-bond acceptors (Lipinski definition) is 6. The molecule has 0 aliphatic rings. The summed E-state index contributed by atoms with van der Waals surface area (Å²) in [7, 11) is 0. The number of benzene rings is 1. The van der Waals surface area contributed by atoms with Gasteiger partial charge in [-0.1, -0.05) is 17.2 Å². The van der Waals surface area contributed by atoms with Crippen LogP contribution in [-0.2, 0) is 6.18 Å². The number of alkyl halides is 3. The molecule has 3 rings (SSSR count). The third kappa shape index (κ3) is 3.54. The lowest BCUT2D eigenvalue weighted by Crippen LogP contribution is -2.04. The molecule has 0 aliphatic carbocycles. The van der Waals surface area contributed by atoms with Gasteiger partial charge in [-0.05, 0) is 29.5 Å². The van der Waals surface area contributed by atoms with E-state index in [0.29, 0.717) is 17.1 Å². The van der Waals surface area contributed by atoms with Crippen molar-refractivity contribution in [2.45, 2.75) is 6.18 Å². The van der Waals surface area contributed by atoms with E-state index in [9.17, 15) is 13.2 Å². The van der Waals surface area contributed by atoms with Gasteiger partial charge in [-0.25, -0.2) is 5.43 Å². The molecule has 10 heteroatoms. The Kier molecular flexibility index (Phi) is 3.79. The van der Waals surface area contributed by atoms with Gasteiger partial charge in [0.25, 0.3) is 5.95 Å². The molecule has 2 N–H and O–H groups in total. The maximum atomic E-state index is 12.7. The minimum atomic E-state index is -4.40. The Morgan fingerprint density at radius 1 is 1.22 bits per heavy atom. The van der Waals surface area contributed by atoms with Crippen molar-refractivity contribution in [3.63, 3.8) is 0 Å². The van der Waals surface area contributed by atoms with Crippen LogP contribution in [0.2, 0.25) is 0 Å². The lowest BCUT2D eigenvalue weighted by atomic mass is 10.1. The molecule has 0 unspecified atom stereocenters. The molecule has 2 heterocycles. The molecule has 0 saturated heterocycles. The van der Waals surface area contributed by atoms with Gasteiger partial charge in [0.05, 0.1) is 11.8 Å². The third-order valence-electron chi connectivity index (χ3n) is 2.80. The van der Waals surface area contributed by atoms with Crippen LogP contribution >= 0.6 is 0 Å². The summed E-state index contributed by atoms with van der Waals surface area (Å²) in [5.74, 6) is 0.830. The molecule has 3 aromatic rings. The van der Waals surface area contributed by atoms with Crippen LogP contribution in [0.25, 0.3) is 11.3 Å². The fraction of sp³-hybridized carbons (Fsp3) is 0.0769. The summed E-state index contributed by atoms with van der Waals surface area (Å²) in [5.41, 5.74) is 2.08. The number of aromatic amines is 1. The highest BCUT2D eigenvalue weighted by atomic mass is 19.4. The van der Waals surface area contributed by atoms with Gasteiger partial charge in [-0.3, -0.25) is 0 Å². The van der Waals surface area contributed by atoms with Crippen molar-refractivity contribution < 1.29 is 17.6 Å². The second-order valence-electron chi connectivity index (χ2n) is 4.39. The van der Waals surface area contributed by atoms with E-state index >= 15 is 0 Å². The molecular weight excluding hydrogens is 313 g/mol. The van der Waals surface area contributed by atoms with Crippen LogP contribution in [0, 0.1) is 0 Å². The van der Waals surface area contributed by atoms with Crippen molar-refractivity contribution in [2.75, 3.05) is 5.43 Å². The van der Waals surface area contributed by atoms with Crippen LogP contribution in [0.15, 0.2) is 45.9 Å². The van der Waals surface area contributed by atoms with Gasteiger partial charge in [0.2, 0.25) is 0 Å². The molecular formula is C13H9F3N6O. The average Bonchev–Trinajstić information content (AvgIpc) is 3.18. The Morgan fingerprint density at radius 3 is 2.83 bits per heavy atom. The van der Waals surface area contributed by atoms with Gasteiger partial charge >= 0.3 is 6.18 Å². The molecule has 7 nitrogen and oxygen atoms in total. The number of hydrogen-bond donors (Lipinski definition) is 2. The van der Waals surface area contributed by atoms with Crippen LogP contribution in [0.4, 0.5) is 19.1 Å². The van der Waals surface area contributed by atoms with E-state index in [4.69, 9.17) is 4.42 Å². The molecule has 0 amide bonds. The SMILES string of the molecule is FC(F)(F)c1cccc(-c2ccc(C=NNc3nn[nH]n3)o2)c1. The number of hydrazone groups is 1. The van der Waals surface area contributed by atoms with E-state index in [1.165, 1.54) is 18.3 Å². The topological polar surface area (TPSA) is 92.0 Å². The third-order valence-corrected chi connectivity index (χ3v) is 2.80. The monoisotopic (exact) mass is 322 g/mol. The predicted octanol–water partition coefficient (Wildman–Crippen LogP) is 2.92. The summed E-state index contributed by atoms with van der Waals surface area (Å²) < 4.78 is 43.6. The minimum Gasteiger partial charge on any atom is -0.455 e. The molecule has 0 spiro atoms. The zero-order valence-corrected chi connectivity index (χ0v) is 11.4. The van der Waals surface area contributed by atoms with Crippen molar-refractivity contribution in [3.05, 3.63) is 47.7 Å². The summed E-state index contributed by atoms with van der Waals surface area (Å²) >= 11 is 0. The molecule has 0 radical (unpaired) electrons. The van der Waals surface area contributed by atoms with E-state index < -0.39 is 11.7 Å². The Labute approximate surface area is 127 Å². The number of rotatable bonds is 4. The number of halogens is 3. The smallest absolute Gasteiger partial charge is 0.416 e. The maximum Gasteiger partial charge on any atom is 0.416 e. The molecule has 2 aromatic heterocycles.